The Morgan fingerprint density at radius 1 is 1.10 bits per heavy atom. The summed E-state index contributed by atoms with van der Waals surface area (Å²) in [4.78, 5) is 39.0. The first-order valence-corrected chi connectivity index (χ1v) is 7.97. The van der Waals surface area contributed by atoms with Gasteiger partial charge < -0.3 is 9.80 Å². The normalized spacial score (nSPS) is 15.5. The Kier molecular flexibility index (Phi) is 5.33. The van der Waals surface area contributed by atoms with E-state index < -0.39 is 11.8 Å². The molecule has 1 saturated heterocycles. The van der Waals surface area contributed by atoms with Gasteiger partial charge in [0, 0.05) is 28.8 Å². The van der Waals surface area contributed by atoms with Crippen LogP contribution < -0.4 is 0 Å². The van der Waals surface area contributed by atoms with Crippen LogP contribution in [0, 0.1) is 3.57 Å². The number of rotatable bonds is 5. The Balaban J connectivity index is 2.00. The molecule has 1 fully saturated rings. The van der Waals surface area contributed by atoms with Gasteiger partial charge in [0.15, 0.2) is 5.78 Å². The first-order valence-electron chi connectivity index (χ1n) is 6.90. The largest absolute Gasteiger partial charge is 0.333 e. The molecule has 21 heavy (non-hydrogen) atoms. The maximum absolute atomic E-state index is 12.2. The highest BCUT2D eigenvalue weighted by Gasteiger charge is 2.32. The van der Waals surface area contributed by atoms with E-state index in [1.165, 1.54) is 4.90 Å². The van der Waals surface area contributed by atoms with Crippen molar-refractivity contribution in [2.24, 2.45) is 0 Å². The molecule has 5 nitrogen and oxygen atoms in total. The average Bonchev–Trinajstić information content (AvgIpc) is 2.47. The summed E-state index contributed by atoms with van der Waals surface area (Å²) >= 11 is 2.17. The molecule has 1 aliphatic rings. The maximum Gasteiger partial charge on any atom is 0.312 e. The molecule has 0 spiro atoms. The number of carbonyl (C=O) groups is 3. The quantitative estimate of drug-likeness (QED) is 0.428. The number of nitrogens with zero attached hydrogens (tertiary/aromatic N) is 2. The molecule has 0 radical (unpaired) electrons. The van der Waals surface area contributed by atoms with Crippen LogP contribution in [0.1, 0.15) is 23.7 Å². The molecule has 2 amide bonds. The first kappa shape index (κ1) is 15.9. The van der Waals surface area contributed by atoms with Crippen LogP contribution in [0.5, 0.6) is 0 Å². The van der Waals surface area contributed by atoms with Gasteiger partial charge in [0.2, 0.25) is 0 Å². The standard InChI is InChI=1S/C15H17IN2O3/c1-2-7-17-8-9-18(15(21)14(17)20)10-13(19)11-3-5-12(16)6-4-11/h3-6H,2,7-10H2,1H3. The highest BCUT2D eigenvalue weighted by Crippen LogP contribution is 2.10. The minimum Gasteiger partial charge on any atom is -0.333 e. The summed E-state index contributed by atoms with van der Waals surface area (Å²) in [5, 5.41) is 0. The van der Waals surface area contributed by atoms with E-state index in [1.807, 2.05) is 19.1 Å². The number of Topliss-reactive ketones (excluding diaryl/α,β-unsaturated/α-hetero) is 1. The van der Waals surface area contributed by atoms with Crippen molar-refractivity contribution in [3.8, 4) is 0 Å². The fourth-order valence-electron chi connectivity index (χ4n) is 2.25. The molecule has 6 heteroatoms. The third-order valence-corrected chi connectivity index (χ3v) is 4.11. The number of piperazine rings is 1. The van der Waals surface area contributed by atoms with Crippen molar-refractivity contribution in [1.29, 1.82) is 0 Å². The monoisotopic (exact) mass is 400 g/mol. The van der Waals surface area contributed by atoms with Gasteiger partial charge in [-0.3, -0.25) is 14.4 Å². The Morgan fingerprint density at radius 2 is 1.67 bits per heavy atom. The van der Waals surface area contributed by atoms with E-state index in [-0.39, 0.29) is 12.3 Å². The van der Waals surface area contributed by atoms with E-state index in [1.54, 1.807) is 17.0 Å². The maximum atomic E-state index is 12.2. The Labute approximate surface area is 137 Å². The first-order chi connectivity index (χ1) is 10.0. The number of halogens is 1. The fourth-order valence-corrected chi connectivity index (χ4v) is 2.61. The fraction of sp³-hybridized carbons (Fsp3) is 0.400. The molecule has 1 aliphatic heterocycles. The van der Waals surface area contributed by atoms with Crippen molar-refractivity contribution >= 4 is 40.2 Å². The molecule has 2 rings (SSSR count). The SMILES string of the molecule is CCCN1CCN(CC(=O)c2ccc(I)cc2)C(=O)C1=O. The molecule has 0 bridgehead atoms. The van der Waals surface area contributed by atoms with E-state index in [4.69, 9.17) is 0 Å². The molecule has 1 heterocycles. The Bertz CT molecular complexity index is 557. The lowest BCUT2D eigenvalue weighted by atomic mass is 10.1. The number of hydrogen-bond acceptors (Lipinski definition) is 3. The molecule has 1 aromatic rings. The van der Waals surface area contributed by atoms with Gasteiger partial charge in [0.1, 0.15) is 0 Å². The highest BCUT2D eigenvalue weighted by atomic mass is 127. The summed E-state index contributed by atoms with van der Waals surface area (Å²) in [5.41, 5.74) is 0.562. The van der Waals surface area contributed by atoms with E-state index in [9.17, 15) is 14.4 Å². The van der Waals surface area contributed by atoms with Gasteiger partial charge in [-0.25, -0.2) is 0 Å². The molecular formula is C15H17IN2O3. The van der Waals surface area contributed by atoms with Gasteiger partial charge in [-0.1, -0.05) is 19.1 Å². The van der Waals surface area contributed by atoms with E-state index in [2.05, 4.69) is 22.6 Å². The second-order valence-corrected chi connectivity index (χ2v) is 6.19. The zero-order valence-electron chi connectivity index (χ0n) is 11.8. The van der Waals surface area contributed by atoms with Crippen molar-refractivity contribution in [3.05, 3.63) is 33.4 Å². The predicted octanol–water partition coefficient (Wildman–Crippen LogP) is 1.55. The van der Waals surface area contributed by atoms with Crippen molar-refractivity contribution in [3.63, 3.8) is 0 Å². The lowest BCUT2D eigenvalue weighted by Crippen LogP contribution is -2.55. The van der Waals surface area contributed by atoms with Gasteiger partial charge in [0.25, 0.3) is 0 Å². The number of benzene rings is 1. The molecule has 0 aliphatic carbocycles. The lowest BCUT2D eigenvalue weighted by molar-refractivity contribution is -0.155. The predicted molar refractivity (Wildman–Crippen MR) is 86.9 cm³/mol. The summed E-state index contributed by atoms with van der Waals surface area (Å²) in [6.07, 6.45) is 0.820. The molecule has 0 unspecified atom stereocenters. The van der Waals surface area contributed by atoms with Crippen LogP contribution in [0.15, 0.2) is 24.3 Å². The molecule has 112 valence electrons. The molecule has 1 aromatic carbocycles. The molecular weight excluding hydrogens is 383 g/mol. The number of ketones is 1. The van der Waals surface area contributed by atoms with Crippen LogP contribution in [0.25, 0.3) is 0 Å². The smallest absolute Gasteiger partial charge is 0.312 e. The van der Waals surface area contributed by atoms with Crippen molar-refractivity contribution in [2.45, 2.75) is 13.3 Å². The Morgan fingerprint density at radius 3 is 2.29 bits per heavy atom. The minimum atomic E-state index is -0.575. The third kappa shape index (κ3) is 3.81. The zero-order chi connectivity index (χ0) is 15.4. The van der Waals surface area contributed by atoms with Crippen molar-refractivity contribution < 1.29 is 14.4 Å². The average molecular weight is 400 g/mol. The van der Waals surface area contributed by atoms with Crippen LogP contribution in [0.3, 0.4) is 0 Å². The highest BCUT2D eigenvalue weighted by molar-refractivity contribution is 14.1. The summed E-state index contributed by atoms with van der Waals surface area (Å²) < 4.78 is 1.04. The number of carbonyl (C=O) groups excluding carboxylic acids is 3. The minimum absolute atomic E-state index is 0.0366. The van der Waals surface area contributed by atoms with Gasteiger partial charge in [-0.15, -0.1) is 0 Å². The molecule has 0 atom stereocenters. The summed E-state index contributed by atoms with van der Waals surface area (Å²) in [6.45, 7) is 3.43. The second-order valence-electron chi connectivity index (χ2n) is 4.95. The molecule has 0 saturated carbocycles. The third-order valence-electron chi connectivity index (χ3n) is 3.39. The lowest BCUT2D eigenvalue weighted by Gasteiger charge is -2.33. The topological polar surface area (TPSA) is 57.7 Å². The van der Waals surface area contributed by atoms with E-state index in [0.29, 0.717) is 25.2 Å². The van der Waals surface area contributed by atoms with Crippen LogP contribution in [-0.2, 0) is 9.59 Å². The van der Waals surface area contributed by atoms with Crippen LogP contribution >= 0.6 is 22.6 Å². The number of hydrogen-bond donors (Lipinski definition) is 0. The summed E-state index contributed by atoms with van der Waals surface area (Å²) in [7, 11) is 0. The van der Waals surface area contributed by atoms with Crippen molar-refractivity contribution in [1.82, 2.24) is 9.80 Å². The summed E-state index contributed by atoms with van der Waals surface area (Å²) in [5.74, 6) is -1.22. The zero-order valence-corrected chi connectivity index (χ0v) is 14.0. The summed E-state index contributed by atoms with van der Waals surface area (Å²) in [6, 6.07) is 7.17. The van der Waals surface area contributed by atoms with Gasteiger partial charge >= 0.3 is 11.8 Å². The van der Waals surface area contributed by atoms with Gasteiger partial charge in [-0.05, 0) is 41.1 Å². The van der Waals surface area contributed by atoms with Crippen molar-refractivity contribution in [2.75, 3.05) is 26.2 Å². The molecule has 0 N–H and O–H groups in total. The second kappa shape index (κ2) is 7.02. The van der Waals surface area contributed by atoms with Crippen LogP contribution in [0.4, 0.5) is 0 Å². The molecule has 0 aromatic heterocycles. The van der Waals surface area contributed by atoms with E-state index >= 15 is 0 Å². The van der Waals surface area contributed by atoms with Crippen LogP contribution in [-0.4, -0.2) is 53.6 Å². The van der Waals surface area contributed by atoms with Crippen LogP contribution in [0.2, 0.25) is 0 Å². The van der Waals surface area contributed by atoms with E-state index in [0.717, 1.165) is 9.99 Å². The Hall–Kier alpha value is -1.44. The number of amides is 2. The van der Waals surface area contributed by atoms with Gasteiger partial charge in [-0.2, -0.15) is 0 Å². The van der Waals surface area contributed by atoms with Gasteiger partial charge in [0.05, 0.1) is 6.54 Å².